The number of allylic oxidation sites excluding steroid dienone is 1. The Labute approximate surface area is 178 Å². The second-order valence-corrected chi connectivity index (χ2v) is 9.73. The van der Waals surface area contributed by atoms with Gasteiger partial charge in [0.05, 0.1) is 1.37 Å². The van der Waals surface area contributed by atoms with Gasteiger partial charge in [0.15, 0.2) is 17.2 Å². The van der Waals surface area contributed by atoms with E-state index >= 15 is 0 Å². The average molecular weight is 394 g/mol. The molecule has 3 saturated carbocycles. The molecule has 0 unspecified atom stereocenters. The molecule has 0 aromatic rings. The highest BCUT2D eigenvalue weighted by Gasteiger charge is 2.68. The fraction of sp³-hybridized carbons (Fsp3) is 0.792. The molecule has 28 heavy (non-hydrogen) atoms. The molecule has 0 bridgehead atoms. The van der Waals surface area contributed by atoms with Gasteiger partial charge in [0.1, 0.15) is 0 Å². The van der Waals surface area contributed by atoms with Crippen molar-refractivity contribution in [2.45, 2.75) is 85.0 Å². The van der Waals surface area contributed by atoms with E-state index in [1.54, 1.807) is 6.92 Å². The molecular weight excluding hydrogens is 352 g/mol. The van der Waals surface area contributed by atoms with Crippen molar-refractivity contribution in [1.82, 2.24) is 0 Å². The number of hydrogen-bond donors (Lipinski definition) is 0. The van der Waals surface area contributed by atoms with Crippen molar-refractivity contribution in [3.63, 3.8) is 0 Å². The Morgan fingerprint density at radius 2 is 2.00 bits per heavy atom. The van der Waals surface area contributed by atoms with Gasteiger partial charge >= 0.3 is 5.97 Å². The normalized spacial score (nSPS) is 56.4. The average Bonchev–Trinajstić information content (AvgIpc) is 2.98. The molecule has 0 radical (unpaired) electrons. The third kappa shape index (κ3) is 2.45. The zero-order valence-corrected chi connectivity index (χ0v) is 17.1. The summed E-state index contributed by atoms with van der Waals surface area (Å²) in [5.74, 6) is -4.31. The van der Waals surface area contributed by atoms with Crippen LogP contribution >= 0.6 is 0 Å². The van der Waals surface area contributed by atoms with Crippen molar-refractivity contribution in [3.05, 3.63) is 11.6 Å². The summed E-state index contributed by atoms with van der Waals surface area (Å²) >= 11 is 0. The van der Waals surface area contributed by atoms with E-state index in [0.717, 1.165) is 0 Å². The van der Waals surface area contributed by atoms with Crippen LogP contribution in [-0.4, -0.2) is 23.1 Å². The van der Waals surface area contributed by atoms with Crippen LogP contribution in [-0.2, 0) is 19.1 Å². The standard InChI is InChI=1S/C24H34O4/c1-14-12-18-19(22(4)9-6-17(27)13-21(14)22)7-10-23(5)20(18)8-11-24(23,15(2)25)28-16(3)26/h13-14,18-20H,6-12H2,1-5H3/t14-,18+,19-,20-,22+,23-,24-/m0/s1/i3D3,6D2,13D,14D. The van der Waals surface area contributed by atoms with Crippen molar-refractivity contribution in [2.75, 3.05) is 0 Å². The van der Waals surface area contributed by atoms with Gasteiger partial charge in [-0.2, -0.15) is 0 Å². The highest BCUT2D eigenvalue weighted by Crippen LogP contribution is 2.69. The van der Waals surface area contributed by atoms with Crippen molar-refractivity contribution >= 4 is 17.5 Å². The maximum Gasteiger partial charge on any atom is 0.303 e. The highest BCUT2D eigenvalue weighted by atomic mass is 16.6. The molecule has 3 fully saturated rings. The largest absolute Gasteiger partial charge is 0.451 e. The van der Waals surface area contributed by atoms with Crippen LogP contribution in [0, 0.1) is 34.5 Å². The topological polar surface area (TPSA) is 60.4 Å². The number of ether oxygens (including phenoxy) is 1. The lowest BCUT2D eigenvalue weighted by Crippen LogP contribution is -2.59. The third-order valence-corrected chi connectivity index (χ3v) is 8.61. The van der Waals surface area contributed by atoms with E-state index in [1.807, 2.05) is 13.8 Å². The maximum absolute atomic E-state index is 13.0. The first-order valence-corrected chi connectivity index (χ1v) is 10.3. The Kier molecular flexibility index (Phi) is 2.91. The van der Waals surface area contributed by atoms with Gasteiger partial charge in [-0.05, 0) is 80.6 Å². The van der Waals surface area contributed by atoms with E-state index in [-0.39, 0.29) is 42.4 Å². The molecule has 0 aromatic heterocycles. The van der Waals surface area contributed by atoms with Crippen LogP contribution in [0.2, 0.25) is 0 Å². The van der Waals surface area contributed by atoms with Crippen molar-refractivity contribution in [2.24, 2.45) is 34.5 Å². The van der Waals surface area contributed by atoms with E-state index in [4.69, 9.17) is 14.3 Å². The van der Waals surface area contributed by atoms with Gasteiger partial charge in [-0.1, -0.05) is 26.3 Å². The van der Waals surface area contributed by atoms with Gasteiger partial charge in [-0.15, -0.1) is 0 Å². The van der Waals surface area contributed by atoms with E-state index < -0.39 is 47.3 Å². The van der Waals surface area contributed by atoms with E-state index in [0.29, 0.717) is 31.3 Å². The van der Waals surface area contributed by atoms with Crippen LogP contribution in [0.15, 0.2) is 11.6 Å². The molecular formula is C24H34O4. The smallest absolute Gasteiger partial charge is 0.303 e. The van der Waals surface area contributed by atoms with E-state index in [1.165, 1.54) is 6.92 Å². The summed E-state index contributed by atoms with van der Waals surface area (Å²) in [6.07, 6.45) is -0.255. The molecule has 0 aliphatic heterocycles. The minimum Gasteiger partial charge on any atom is -0.451 e. The van der Waals surface area contributed by atoms with Gasteiger partial charge in [0.25, 0.3) is 0 Å². The number of rotatable bonds is 2. The second-order valence-electron chi connectivity index (χ2n) is 9.73. The SMILES string of the molecule is [2H]C1=C2[C@@]([2H])(C)C[C@@H]3[C@H](CC[C@@]4(C)[C@H]3CC[C@]4(OC(=O)C([2H])([2H])[2H])C(C)=O)[C@@]2(C)CC([2H])([2H])C1=O. The first-order valence-electron chi connectivity index (χ1n) is 13.8. The van der Waals surface area contributed by atoms with Crippen LogP contribution in [0.3, 0.4) is 0 Å². The molecule has 4 aliphatic rings. The lowest BCUT2D eigenvalue weighted by Gasteiger charge is -2.60. The molecule has 0 saturated heterocycles. The summed E-state index contributed by atoms with van der Waals surface area (Å²) in [6.45, 7) is 3.76. The minimum atomic E-state index is -2.99. The number of Topliss-reactive ketones (excluding diaryl/α,β-unsaturated/α-hetero) is 1. The van der Waals surface area contributed by atoms with E-state index in [2.05, 4.69) is 0 Å². The fourth-order valence-electron chi connectivity index (χ4n) is 7.36. The molecule has 7 atom stereocenters. The lowest BCUT2D eigenvalue weighted by molar-refractivity contribution is -0.187. The Morgan fingerprint density at radius 3 is 2.68 bits per heavy atom. The monoisotopic (exact) mass is 393 g/mol. The first-order chi connectivity index (χ1) is 15.7. The zero-order chi connectivity index (χ0) is 26.6. The Hall–Kier alpha value is -1.45. The number of fused-ring (bicyclic) bond motifs is 5. The number of ketones is 2. The highest BCUT2D eigenvalue weighted by molar-refractivity contribution is 5.92. The number of esters is 1. The fourth-order valence-corrected chi connectivity index (χ4v) is 7.36. The van der Waals surface area contributed by atoms with Crippen molar-refractivity contribution in [1.29, 1.82) is 0 Å². The quantitative estimate of drug-likeness (QED) is 0.641. The summed E-state index contributed by atoms with van der Waals surface area (Å²) in [5, 5.41) is 0. The second kappa shape index (κ2) is 6.27. The predicted octanol–water partition coefficient (Wildman–Crippen LogP) is 4.66. The number of carbonyl (C=O) groups excluding carboxylic acids is 3. The molecule has 0 heterocycles. The molecule has 4 heteroatoms. The molecule has 0 spiro atoms. The van der Waals surface area contributed by atoms with Gasteiger partial charge < -0.3 is 4.74 Å². The van der Waals surface area contributed by atoms with Crippen molar-refractivity contribution in [3.8, 4) is 0 Å². The summed E-state index contributed by atoms with van der Waals surface area (Å²) in [5.41, 5.74) is -2.87. The Morgan fingerprint density at radius 1 is 1.29 bits per heavy atom. The molecule has 4 nitrogen and oxygen atoms in total. The lowest BCUT2D eigenvalue weighted by atomic mass is 9.44. The predicted molar refractivity (Wildman–Crippen MR) is 106 cm³/mol. The van der Waals surface area contributed by atoms with Gasteiger partial charge in [0.2, 0.25) is 0 Å². The van der Waals surface area contributed by atoms with Crippen LogP contribution < -0.4 is 0 Å². The third-order valence-electron chi connectivity index (χ3n) is 8.61. The summed E-state index contributed by atoms with van der Waals surface area (Å²) in [6, 6.07) is -0.385. The minimum absolute atomic E-state index is 0.0957. The van der Waals surface area contributed by atoms with Gasteiger partial charge in [0, 0.05) is 26.9 Å². The van der Waals surface area contributed by atoms with Gasteiger partial charge in [-0.3, -0.25) is 14.4 Å². The van der Waals surface area contributed by atoms with Crippen LogP contribution in [0.5, 0.6) is 0 Å². The number of hydrogen-bond acceptors (Lipinski definition) is 4. The molecule has 4 aliphatic carbocycles. The molecule has 4 rings (SSSR count). The zero-order valence-electron chi connectivity index (χ0n) is 24.1. The van der Waals surface area contributed by atoms with Crippen LogP contribution in [0.1, 0.15) is 89.0 Å². The van der Waals surface area contributed by atoms with Crippen molar-refractivity contribution < 1.29 is 28.7 Å². The summed E-state index contributed by atoms with van der Waals surface area (Å²) in [7, 11) is 0. The van der Waals surface area contributed by atoms with Gasteiger partial charge in [-0.25, -0.2) is 0 Å². The number of carbonyl (C=O) groups is 3. The Balaban J connectivity index is 1.80. The first kappa shape index (κ1) is 13.0. The van der Waals surface area contributed by atoms with E-state index in [9.17, 15) is 14.4 Å². The maximum atomic E-state index is 13.0. The van der Waals surface area contributed by atoms with Crippen LogP contribution in [0.25, 0.3) is 0 Å². The molecule has 154 valence electrons. The molecule has 0 N–H and O–H groups in total. The van der Waals surface area contributed by atoms with Crippen LogP contribution in [0.4, 0.5) is 0 Å². The molecule has 0 aromatic carbocycles. The summed E-state index contributed by atoms with van der Waals surface area (Å²) in [4.78, 5) is 38.1. The summed E-state index contributed by atoms with van der Waals surface area (Å²) < 4.78 is 62.3. The Bertz CT molecular complexity index is 1030. The molecule has 0 amide bonds.